The Hall–Kier alpha value is -2.83. The minimum absolute atomic E-state index is 0.195. The lowest BCUT2D eigenvalue weighted by Gasteiger charge is -2.31. The maximum atomic E-state index is 13.3. The van der Waals surface area contributed by atoms with Crippen molar-refractivity contribution in [3.05, 3.63) is 70.5 Å². The number of benzene rings is 2. The fourth-order valence-electron chi connectivity index (χ4n) is 4.31. The van der Waals surface area contributed by atoms with Gasteiger partial charge in [-0.15, -0.1) is 0 Å². The van der Waals surface area contributed by atoms with Crippen LogP contribution in [-0.2, 0) is 17.6 Å². The first-order valence-electron chi connectivity index (χ1n) is 10.3. The van der Waals surface area contributed by atoms with Gasteiger partial charge in [-0.2, -0.15) is 5.10 Å². The zero-order valence-corrected chi connectivity index (χ0v) is 17.4. The van der Waals surface area contributed by atoms with Gasteiger partial charge < -0.3 is 15.0 Å². The van der Waals surface area contributed by atoms with E-state index in [9.17, 15) is 4.79 Å². The third kappa shape index (κ3) is 3.46. The number of nitrogens with zero attached hydrogens (tertiary/aromatic N) is 3. The molecule has 2 aromatic carbocycles. The van der Waals surface area contributed by atoms with Crippen molar-refractivity contribution >= 4 is 28.9 Å². The van der Waals surface area contributed by atoms with Crippen LogP contribution in [0.2, 0.25) is 5.02 Å². The number of nitrogens with one attached hydrogen (secondary N) is 1. The van der Waals surface area contributed by atoms with Gasteiger partial charge in [0.2, 0.25) is 0 Å². The molecule has 5 rings (SSSR count). The van der Waals surface area contributed by atoms with Crippen LogP contribution in [0.25, 0.3) is 5.69 Å². The highest BCUT2D eigenvalue weighted by molar-refractivity contribution is 6.34. The molecule has 7 heteroatoms. The molecule has 0 unspecified atom stereocenters. The number of carbonyl (C=O) groups is 1. The van der Waals surface area contributed by atoms with Crippen molar-refractivity contribution in [2.75, 3.05) is 36.5 Å². The molecule has 0 spiro atoms. The molecule has 1 aliphatic carbocycles. The van der Waals surface area contributed by atoms with Gasteiger partial charge in [-0.3, -0.25) is 4.79 Å². The molecule has 154 valence electrons. The predicted octanol–water partition coefficient (Wildman–Crippen LogP) is 4.10. The summed E-state index contributed by atoms with van der Waals surface area (Å²) < 4.78 is 7.38. The van der Waals surface area contributed by atoms with E-state index in [-0.39, 0.29) is 5.91 Å². The molecule has 3 aromatic rings. The third-order valence-corrected chi connectivity index (χ3v) is 6.01. The predicted molar refractivity (Wildman–Crippen MR) is 118 cm³/mol. The molecule has 2 heterocycles. The largest absolute Gasteiger partial charge is 0.378 e. The first-order chi connectivity index (χ1) is 14.7. The van der Waals surface area contributed by atoms with E-state index in [2.05, 4.69) is 10.2 Å². The molecule has 6 nitrogen and oxygen atoms in total. The van der Waals surface area contributed by atoms with E-state index >= 15 is 0 Å². The summed E-state index contributed by atoms with van der Waals surface area (Å²) in [6, 6.07) is 15.6. The molecule has 0 radical (unpaired) electrons. The maximum Gasteiger partial charge on any atom is 0.276 e. The fraction of sp³-hybridized carbons (Fsp3) is 0.304. The summed E-state index contributed by atoms with van der Waals surface area (Å²) in [5, 5.41) is 8.40. The number of rotatable bonds is 4. The Morgan fingerprint density at radius 3 is 2.63 bits per heavy atom. The van der Waals surface area contributed by atoms with Gasteiger partial charge in [0.15, 0.2) is 5.69 Å². The first-order valence-corrected chi connectivity index (χ1v) is 10.7. The van der Waals surface area contributed by atoms with Crippen molar-refractivity contribution in [2.24, 2.45) is 0 Å². The molecule has 1 fully saturated rings. The molecule has 1 N–H and O–H groups in total. The third-order valence-electron chi connectivity index (χ3n) is 5.71. The quantitative estimate of drug-likeness (QED) is 0.687. The van der Waals surface area contributed by atoms with E-state index in [0.717, 1.165) is 55.0 Å². The monoisotopic (exact) mass is 422 g/mol. The minimum Gasteiger partial charge on any atom is -0.378 e. The highest BCUT2D eigenvalue weighted by atomic mass is 35.5. The second kappa shape index (κ2) is 8.13. The van der Waals surface area contributed by atoms with Crippen LogP contribution in [0.3, 0.4) is 0 Å². The van der Waals surface area contributed by atoms with Gasteiger partial charge in [-0.25, -0.2) is 4.68 Å². The number of anilines is 2. The van der Waals surface area contributed by atoms with Gasteiger partial charge >= 0.3 is 0 Å². The molecule has 1 amide bonds. The molecule has 30 heavy (non-hydrogen) atoms. The second-order valence-corrected chi connectivity index (χ2v) is 7.97. The van der Waals surface area contributed by atoms with Crippen LogP contribution in [0.1, 0.15) is 28.2 Å². The number of hydrogen-bond donors (Lipinski definition) is 1. The normalized spacial score (nSPS) is 15.8. The first kappa shape index (κ1) is 19.2. The van der Waals surface area contributed by atoms with Crippen LogP contribution in [-0.4, -0.2) is 42.0 Å². The Kier molecular flexibility index (Phi) is 5.19. The number of hydrogen-bond acceptors (Lipinski definition) is 4. The fourth-order valence-corrected chi connectivity index (χ4v) is 4.60. The van der Waals surface area contributed by atoms with E-state index in [1.807, 2.05) is 53.2 Å². The smallest absolute Gasteiger partial charge is 0.276 e. The summed E-state index contributed by atoms with van der Waals surface area (Å²) in [4.78, 5) is 15.5. The lowest BCUT2D eigenvalue weighted by molar-refractivity contribution is 0.102. The van der Waals surface area contributed by atoms with Crippen molar-refractivity contribution < 1.29 is 9.53 Å². The number of aromatic nitrogens is 2. The van der Waals surface area contributed by atoms with Crippen LogP contribution in [0.5, 0.6) is 0 Å². The molecule has 0 atom stereocenters. The number of fused-ring (bicyclic) bond motifs is 1. The van der Waals surface area contributed by atoms with Crippen molar-refractivity contribution in [1.29, 1.82) is 0 Å². The molecule has 0 saturated carbocycles. The lowest BCUT2D eigenvalue weighted by Crippen LogP contribution is -2.37. The molecule has 0 bridgehead atoms. The summed E-state index contributed by atoms with van der Waals surface area (Å²) in [5.74, 6) is -0.195. The number of morpholine rings is 1. The molecule has 1 aromatic heterocycles. The summed E-state index contributed by atoms with van der Waals surface area (Å²) in [7, 11) is 0. The van der Waals surface area contributed by atoms with Crippen molar-refractivity contribution in [1.82, 2.24) is 9.78 Å². The number of amides is 1. The topological polar surface area (TPSA) is 59.4 Å². The highest BCUT2D eigenvalue weighted by Crippen LogP contribution is 2.35. The Morgan fingerprint density at radius 1 is 1.03 bits per heavy atom. The Bertz CT molecular complexity index is 1070. The van der Waals surface area contributed by atoms with E-state index < -0.39 is 0 Å². The number of para-hydroxylation sites is 2. The summed E-state index contributed by atoms with van der Waals surface area (Å²) in [5.41, 5.74) is 5.20. The maximum absolute atomic E-state index is 13.3. The summed E-state index contributed by atoms with van der Waals surface area (Å²) in [6.45, 7) is 2.77. The molecule has 1 aliphatic heterocycles. The van der Waals surface area contributed by atoms with Crippen LogP contribution in [0.15, 0.2) is 48.5 Å². The Morgan fingerprint density at radius 2 is 1.83 bits per heavy atom. The van der Waals surface area contributed by atoms with E-state index in [1.165, 1.54) is 0 Å². The molecule has 2 aliphatic rings. The zero-order valence-electron chi connectivity index (χ0n) is 16.6. The van der Waals surface area contributed by atoms with Crippen LogP contribution < -0.4 is 10.2 Å². The second-order valence-electron chi connectivity index (χ2n) is 7.56. The van der Waals surface area contributed by atoms with Crippen LogP contribution in [0.4, 0.5) is 11.4 Å². The van der Waals surface area contributed by atoms with Crippen molar-refractivity contribution in [2.45, 2.75) is 19.3 Å². The van der Waals surface area contributed by atoms with Gasteiger partial charge in [-0.1, -0.05) is 35.9 Å². The number of ether oxygens (including phenoxy) is 1. The van der Waals surface area contributed by atoms with Crippen molar-refractivity contribution in [3.63, 3.8) is 0 Å². The van der Waals surface area contributed by atoms with E-state index in [1.54, 1.807) is 0 Å². The average molecular weight is 423 g/mol. The van der Waals surface area contributed by atoms with Gasteiger partial charge in [0.05, 0.1) is 35.3 Å². The van der Waals surface area contributed by atoms with Gasteiger partial charge in [-0.05, 0) is 43.5 Å². The Balaban J connectivity index is 1.48. The highest BCUT2D eigenvalue weighted by Gasteiger charge is 2.28. The molecular formula is C23H23ClN4O2. The van der Waals surface area contributed by atoms with Crippen LogP contribution in [0, 0.1) is 0 Å². The molecule has 1 saturated heterocycles. The van der Waals surface area contributed by atoms with Gasteiger partial charge in [0, 0.05) is 24.3 Å². The number of carbonyl (C=O) groups excluding carboxylic acids is 1. The van der Waals surface area contributed by atoms with Gasteiger partial charge in [0.1, 0.15) is 0 Å². The Labute approximate surface area is 180 Å². The summed E-state index contributed by atoms with van der Waals surface area (Å²) >= 11 is 6.52. The van der Waals surface area contributed by atoms with E-state index in [0.29, 0.717) is 29.6 Å². The van der Waals surface area contributed by atoms with E-state index in [4.69, 9.17) is 21.4 Å². The number of halogens is 1. The minimum atomic E-state index is -0.195. The zero-order chi connectivity index (χ0) is 20.5. The van der Waals surface area contributed by atoms with Crippen molar-refractivity contribution in [3.8, 4) is 5.69 Å². The summed E-state index contributed by atoms with van der Waals surface area (Å²) in [6.07, 6.45) is 2.84. The molecular weight excluding hydrogens is 400 g/mol. The van der Waals surface area contributed by atoms with Crippen LogP contribution >= 0.6 is 11.6 Å². The standard InChI is InChI=1S/C23H23ClN4O2/c24-18-9-5-10-19(22(18)27-12-14-30-15-13-27)25-23(29)21-17-8-4-11-20(17)28(26-21)16-6-2-1-3-7-16/h1-3,5-7,9-10H,4,8,11-15H2,(H,25,29). The average Bonchev–Trinajstić information content (AvgIpc) is 3.38. The lowest BCUT2D eigenvalue weighted by atomic mass is 10.1. The van der Waals surface area contributed by atoms with Gasteiger partial charge in [0.25, 0.3) is 5.91 Å². The SMILES string of the molecule is O=C(Nc1cccc(Cl)c1N1CCOCC1)c1nn(-c2ccccc2)c2c1CCC2.